The van der Waals surface area contributed by atoms with E-state index in [9.17, 15) is 14.7 Å². The number of rotatable bonds is 3. The molecule has 0 atom stereocenters. The van der Waals surface area contributed by atoms with E-state index in [1.165, 1.54) is 0 Å². The Morgan fingerprint density at radius 2 is 2.22 bits per heavy atom. The highest BCUT2D eigenvalue weighted by Crippen LogP contribution is 2.13. The van der Waals surface area contributed by atoms with E-state index in [4.69, 9.17) is 4.52 Å². The number of aromatic hydroxyl groups is 1. The van der Waals surface area contributed by atoms with Crippen LogP contribution in [0.4, 0.5) is 0 Å². The molecule has 0 spiro atoms. The van der Waals surface area contributed by atoms with Crippen molar-refractivity contribution in [3.05, 3.63) is 43.9 Å². The molecule has 0 aliphatic rings. The first-order valence-electron chi connectivity index (χ1n) is 5.50. The molecule has 0 aliphatic carbocycles. The lowest BCUT2D eigenvalue weighted by Crippen LogP contribution is -2.32. The van der Waals surface area contributed by atoms with Crippen molar-refractivity contribution >= 4 is 0 Å². The van der Waals surface area contributed by atoms with Gasteiger partial charge in [-0.25, -0.2) is 4.79 Å². The molecule has 2 rings (SSSR count). The quantitative estimate of drug-likeness (QED) is 0.808. The summed E-state index contributed by atoms with van der Waals surface area (Å²) in [7, 11) is 0. The van der Waals surface area contributed by atoms with E-state index in [1.807, 2.05) is 0 Å². The summed E-state index contributed by atoms with van der Waals surface area (Å²) in [5, 5.41) is 13.6. The van der Waals surface area contributed by atoms with Gasteiger partial charge in [-0.3, -0.25) is 14.3 Å². The van der Waals surface area contributed by atoms with Crippen LogP contribution in [-0.4, -0.2) is 19.8 Å². The second kappa shape index (κ2) is 4.52. The van der Waals surface area contributed by atoms with Crippen molar-refractivity contribution in [2.24, 2.45) is 0 Å². The van der Waals surface area contributed by atoms with Gasteiger partial charge in [0.1, 0.15) is 0 Å². The summed E-state index contributed by atoms with van der Waals surface area (Å²) in [6.07, 6.45) is 0.330. The molecular weight excluding hydrogens is 238 g/mol. The number of nitrogens with one attached hydrogen (secondary N) is 1. The molecule has 2 aromatic heterocycles. The van der Waals surface area contributed by atoms with E-state index in [-0.39, 0.29) is 18.0 Å². The largest absolute Gasteiger partial charge is 0.494 e. The third-order valence-corrected chi connectivity index (χ3v) is 2.61. The van der Waals surface area contributed by atoms with Crippen molar-refractivity contribution in [1.82, 2.24) is 14.7 Å². The number of H-pyrrole nitrogens is 1. The van der Waals surface area contributed by atoms with Gasteiger partial charge in [0.2, 0.25) is 5.88 Å². The number of aromatic amines is 1. The molecule has 2 N–H and O–H groups in total. The van der Waals surface area contributed by atoms with E-state index < -0.39 is 11.2 Å². The minimum Gasteiger partial charge on any atom is -0.494 e. The molecule has 0 aromatic carbocycles. The van der Waals surface area contributed by atoms with E-state index in [0.717, 1.165) is 4.57 Å². The smallest absolute Gasteiger partial charge is 0.331 e. The van der Waals surface area contributed by atoms with Crippen LogP contribution in [0.2, 0.25) is 0 Å². The lowest BCUT2D eigenvalue weighted by atomic mass is 10.2. The van der Waals surface area contributed by atoms with Gasteiger partial charge in [-0.15, -0.1) is 0 Å². The van der Waals surface area contributed by atoms with E-state index >= 15 is 0 Å². The normalized spacial score (nSPS) is 10.8. The van der Waals surface area contributed by atoms with Crippen molar-refractivity contribution < 1.29 is 9.63 Å². The van der Waals surface area contributed by atoms with Crippen LogP contribution < -0.4 is 11.2 Å². The average Bonchev–Trinajstić information content (AvgIpc) is 2.70. The zero-order chi connectivity index (χ0) is 13.3. The fourth-order valence-corrected chi connectivity index (χ4v) is 1.71. The Balaban J connectivity index is 2.51. The minimum absolute atomic E-state index is 0.0231. The summed E-state index contributed by atoms with van der Waals surface area (Å²) in [6, 6.07) is 1.66. The maximum atomic E-state index is 11.6. The second-order valence-corrected chi connectivity index (χ2v) is 3.94. The zero-order valence-corrected chi connectivity index (χ0v) is 10.1. The van der Waals surface area contributed by atoms with Crippen molar-refractivity contribution in [1.29, 1.82) is 0 Å². The lowest BCUT2D eigenvalue weighted by molar-refractivity contribution is 0.350. The third kappa shape index (κ3) is 2.06. The fourth-order valence-electron chi connectivity index (χ4n) is 1.71. The molecule has 2 heterocycles. The van der Waals surface area contributed by atoms with Gasteiger partial charge in [-0.1, -0.05) is 12.1 Å². The number of hydrogen-bond acceptors (Lipinski definition) is 5. The first-order valence-corrected chi connectivity index (χ1v) is 5.50. The highest BCUT2D eigenvalue weighted by atomic mass is 16.5. The molecule has 96 valence electrons. The molecular formula is C11H13N3O4. The number of aryl methyl sites for hydroxylation is 1. The van der Waals surface area contributed by atoms with Gasteiger partial charge in [0.15, 0.2) is 5.76 Å². The topological polar surface area (TPSA) is 101 Å². The summed E-state index contributed by atoms with van der Waals surface area (Å²) in [5.41, 5.74) is -0.391. The molecule has 0 saturated carbocycles. The SMILES string of the molecule is CCc1c(O)n(Cc2cc(C)no2)c(=O)[nH]c1=O. The van der Waals surface area contributed by atoms with Gasteiger partial charge < -0.3 is 9.63 Å². The van der Waals surface area contributed by atoms with E-state index in [1.54, 1.807) is 19.9 Å². The Kier molecular flexibility index (Phi) is 3.05. The highest BCUT2D eigenvalue weighted by Gasteiger charge is 2.14. The Labute approximate surface area is 102 Å². The standard InChI is InChI=1S/C11H13N3O4/c1-3-8-9(15)12-11(17)14(10(8)16)5-7-4-6(2)13-18-7/h4,16H,3,5H2,1-2H3,(H,12,15,17). The highest BCUT2D eigenvalue weighted by molar-refractivity contribution is 5.23. The number of aromatic nitrogens is 3. The fraction of sp³-hybridized carbons (Fsp3) is 0.364. The summed E-state index contributed by atoms with van der Waals surface area (Å²) >= 11 is 0. The van der Waals surface area contributed by atoms with Crippen molar-refractivity contribution in [3.8, 4) is 5.88 Å². The van der Waals surface area contributed by atoms with E-state index in [2.05, 4.69) is 10.1 Å². The Morgan fingerprint density at radius 1 is 1.50 bits per heavy atom. The Bertz CT molecular complexity index is 680. The van der Waals surface area contributed by atoms with Gasteiger partial charge in [0, 0.05) is 6.07 Å². The molecule has 0 amide bonds. The van der Waals surface area contributed by atoms with Gasteiger partial charge in [0.25, 0.3) is 5.56 Å². The van der Waals surface area contributed by atoms with Crippen LogP contribution in [0.15, 0.2) is 20.2 Å². The van der Waals surface area contributed by atoms with Crippen LogP contribution in [0.5, 0.6) is 5.88 Å². The van der Waals surface area contributed by atoms with Crippen molar-refractivity contribution in [2.45, 2.75) is 26.8 Å². The molecule has 18 heavy (non-hydrogen) atoms. The maximum Gasteiger partial charge on any atom is 0.331 e. The Hall–Kier alpha value is -2.31. The van der Waals surface area contributed by atoms with Gasteiger partial charge in [-0.05, 0) is 13.3 Å². The van der Waals surface area contributed by atoms with Gasteiger partial charge in [-0.2, -0.15) is 0 Å². The average molecular weight is 251 g/mol. The third-order valence-electron chi connectivity index (χ3n) is 2.61. The van der Waals surface area contributed by atoms with E-state index in [0.29, 0.717) is 17.9 Å². The summed E-state index contributed by atoms with van der Waals surface area (Å²) in [6.45, 7) is 3.49. The molecule has 2 aromatic rings. The maximum absolute atomic E-state index is 11.6. The lowest BCUT2D eigenvalue weighted by Gasteiger charge is -2.08. The second-order valence-electron chi connectivity index (χ2n) is 3.94. The number of nitrogens with zero attached hydrogens (tertiary/aromatic N) is 2. The molecule has 0 saturated heterocycles. The first-order chi connectivity index (χ1) is 8.52. The van der Waals surface area contributed by atoms with Crippen LogP contribution in [-0.2, 0) is 13.0 Å². The van der Waals surface area contributed by atoms with Crippen molar-refractivity contribution in [3.63, 3.8) is 0 Å². The molecule has 0 unspecified atom stereocenters. The molecule has 7 heteroatoms. The zero-order valence-electron chi connectivity index (χ0n) is 10.1. The summed E-state index contributed by atoms with van der Waals surface area (Å²) in [5.74, 6) is 0.0966. The summed E-state index contributed by atoms with van der Waals surface area (Å²) in [4.78, 5) is 25.2. The van der Waals surface area contributed by atoms with Crippen LogP contribution in [0, 0.1) is 6.92 Å². The predicted octanol–water partition coefficient (Wildman–Crippen LogP) is 0.149. The van der Waals surface area contributed by atoms with Crippen LogP contribution in [0.25, 0.3) is 0 Å². The number of hydrogen-bond donors (Lipinski definition) is 2. The monoisotopic (exact) mass is 251 g/mol. The predicted molar refractivity (Wildman–Crippen MR) is 62.7 cm³/mol. The van der Waals surface area contributed by atoms with Gasteiger partial charge in [0.05, 0.1) is 17.8 Å². The summed E-state index contributed by atoms with van der Waals surface area (Å²) < 4.78 is 6.01. The minimum atomic E-state index is -0.677. The van der Waals surface area contributed by atoms with Gasteiger partial charge >= 0.3 is 5.69 Å². The first kappa shape index (κ1) is 12.2. The molecule has 7 nitrogen and oxygen atoms in total. The molecule has 0 fully saturated rings. The molecule has 0 radical (unpaired) electrons. The Morgan fingerprint density at radius 3 is 2.78 bits per heavy atom. The van der Waals surface area contributed by atoms with Crippen molar-refractivity contribution in [2.75, 3.05) is 0 Å². The van der Waals surface area contributed by atoms with Crippen LogP contribution >= 0.6 is 0 Å². The van der Waals surface area contributed by atoms with Crippen LogP contribution in [0.1, 0.15) is 23.9 Å². The molecule has 0 aliphatic heterocycles. The van der Waals surface area contributed by atoms with Crippen LogP contribution in [0.3, 0.4) is 0 Å². The molecule has 0 bridgehead atoms.